The molecule has 2 aliphatic rings. The average Bonchev–Trinajstić information content (AvgIpc) is 2.94. The lowest BCUT2D eigenvalue weighted by Gasteiger charge is -2.24. The van der Waals surface area contributed by atoms with Crippen molar-refractivity contribution in [2.45, 2.75) is 30.7 Å². The van der Waals surface area contributed by atoms with Crippen LogP contribution in [-0.2, 0) is 26.4 Å². The summed E-state index contributed by atoms with van der Waals surface area (Å²) in [5, 5.41) is 7.65. The third kappa shape index (κ3) is 3.36. The molecule has 0 spiro atoms. The molecule has 31 heavy (non-hydrogen) atoms. The molecule has 1 aliphatic carbocycles. The lowest BCUT2D eigenvalue weighted by Crippen LogP contribution is -2.37. The lowest BCUT2D eigenvalue weighted by atomic mass is 9.49. The summed E-state index contributed by atoms with van der Waals surface area (Å²) in [6, 6.07) is 1.50. The lowest BCUT2D eigenvalue weighted by molar-refractivity contribution is -0.143. The highest BCUT2D eigenvalue weighted by Gasteiger charge is 2.74. The van der Waals surface area contributed by atoms with Crippen LogP contribution in [0.5, 0.6) is 0 Å². The summed E-state index contributed by atoms with van der Waals surface area (Å²) in [5.41, 5.74) is -1.59. The molecule has 2 aromatic rings. The zero-order valence-corrected chi connectivity index (χ0v) is 16.7. The highest BCUT2D eigenvalue weighted by molar-refractivity contribution is 6.56. The second kappa shape index (κ2) is 6.93. The van der Waals surface area contributed by atoms with Gasteiger partial charge in [0.15, 0.2) is 0 Å². The average molecular weight is 426 g/mol. The predicted octanol–water partition coefficient (Wildman–Crippen LogP) is 1.00. The molecule has 0 bridgehead atoms. The highest BCUT2D eigenvalue weighted by Crippen LogP contribution is 2.63. The number of cyclic esters (lactones) is 1. The summed E-state index contributed by atoms with van der Waals surface area (Å²) in [4.78, 5) is 20.0. The number of aromatic nitrogens is 4. The van der Waals surface area contributed by atoms with Gasteiger partial charge in [-0.25, -0.2) is 4.98 Å². The maximum Gasteiger partial charge on any atom is 0.421 e. The molecule has 2 N–H and O–H groups in total. The molecule has 4 rings (SSSR count). The summed E-state index contributed by atoms with van der Waals surface area (Å²) in [5.74, 6) is -0.911. The van der Waals surface area contributed by atoms with Crippen LogP contribution in [-0.4, -0.2) is 62.4 Å². The first-order valence-corrected chi connectivity index (χ1v) is 9.50. The Hall–Kier alpha value is -2.66. The summed E-state index contributed by atoms with van der Waals surface area (Å²) in [6.45, 7) is 4.03. The molecule has 6 radical (unpaired) electrons. The smallest absolute Gasteiger partial charge is 0.421 e. The predicted molar refractivity (Wildman–Crippen MR) is 107 cm³/mol. The second-order valence-corrected chi connectivity index (χ2v) is 7.69. The van der Waals surface area contributed by atoms with Gasteiger partial charge in [0.25, 0.3) is 0 Å². The number of anilines is 3. The first kappa shape index (κ1) is 21.6. The van der Waals surface area contributed by atoms with Gasteiger partial charge >= 0.3 is 12.1 Å². The molecule has 1 saturated heterocycles. The molecule has 14 heteroatoms. The van der Waals surface area contributed by atoms with Crippen LogP contribution in [0.3, 0.4) is 0 Å². The van der Waals surface area contributed by atoms with E-state index in [9.17, 15) is 18.0 Å². The van der Waals surface area contributed by atoms with E-state index in [0.29, 0.717) is 11.9 Å². The van der Waals surface area contributed by atoms with Gasteiger partial charge in [0.2, 0.25) is 5.95 Å². The number of ether oxygens (including phenoxy) is 1. The number of carbonyl (C=O) groups is 1. The first-order chi connectivity index (χ1) is 14.4. The zero-order valence-electron chi connectivity index (χ0n) is 16.7. The van der Waals surface area contributed by atoms with Crippen LogP contribution >= 0.6 is 0 Å². The van der Waals surface area contributed by atoms with Crippen molar-refractivity contribution in [1.82, 2.24) is 19.7 Å². The minimum absolute atomic E-state index is 0.00431. The molecular formula is C17H16B3F3N6O2. The quantitative estimate of drug-likeness (QED) is 0.527. The van der Waals surface area contributed by atoms with Crippen LogP contribution in [0.2, 0.25) is 0 Å². The van der Waals surface area contributed by atoms with E-state index in [1.807, 2.05) is 6.92 Å². The molecule has 2 aromatic heterocycles. The number of fused-ring (bicyclic) bond motifs is 1. The van der Waals surface area contributed by atoms with Crippen molar-refractivity contribution in [1.29, 1.82) is 0 Å². The fourth-order valence-electron chi connectivity index (χ4n) is 4.11. The number of hydrogen-bond donors (Lipinski definition) is 2. The number of rotatable bonds is 6. The van der Waals surface area contributed by atoms with Gasteiger partial charge in [-0.2, -0.15) is 23.3 Å². The fraction of sp³-hybridized carbons (Fsp3) is 0.529. The summed E-state index contributed by atoms with van der Waals surface area (Å²) >= 11 is 0. The van der Waals surface area contributed by atoms with Crippen LogP contribution in [0.15, 0.2) is 12.3 Å². The largest absolute Gasteiger partial charge is 0.465 e. The van der Waals surface area contributed by atoms with Gasteiger partial charge in [0.1, 0.15) is 22.6 Å². The van der Waals surface area contributed by atoms with E-state index >= 15 is 0 Å². The van der Waals surface area contributed by atoms with Gasteiger partial charge in [0, 0.05) is 24.7 Å². The van der Waals surface area contributed by atoms with Gasteiger partial charge in [-0.05, 0) is 18.1 Å². The molecule has 3 atom stereocenters. The van der Waals surface area contributed by atoms with Gasteiger partial charge in [-0.1, -0.05) is 6.92 Å². The van der Waals surface area contributed by atoms with Crippen LogP contribution in [0.25, 0.3) is 0 Å². The molecule has 1 unspecified atom stereocenters. The summed E-state index contributed by atoms with van der Waals surface area (Å²) in [7, 11) is 17.4. The number of carbonyl (C=O) groups excluding carboxylic acids is 1. The van der Waals surface area contributed by atoms with E-state index in [-0.39, 0.29) is 36.8 Å². The van der Waals surface area contributed by atoms with Crippen molar-refractivity contribution in [3.8, 4) is 0 Å². The van der Waals surface area contributed by atoms with Crippen molar-refractivity contribution in [3.63, 3.8) is 0 Å². The van der Waals surface area contributed by atoms with Crippen molar-refractivity contribution >= 4 is 47.1 Å². The minimum Gasteiger partial charge on any atom is -0.465 e. The Morgan fingerprint density at radius 1 is 1.35 bits per heavy atom. The van der Waals surface area contributed by atoms with E-state index in [0.717, 1.165) is 4.68 Å². The number of nitrogens with one attached hydrogen (secondary N) is 2. The molecule has 3 heterocycles. The highest BCUT2D eigenvalue weighted by atomic mass is 19.4. The zero-order chi connectivity index (χ0) is 22.8. The fourth-order valence-corrected chi connectivity index (χ4v) is 4.11. The second-order valence-electron chi connectivity index (χ2n) is 7.69. The van der Waals surface area contributed by atoms with Gasteiger partial charge in [-0.15, -0.1) is 0 Å². The molecule has 0 amide bonds. The standard InChI is InChI=1S/C17H16B3F3N6O2/c1-3-24-12-8(16(21,22)23)5-25-14(27-12)26-11-4-10(28-29(11)17(18,19)20)15-7(2)9(15)6-31-13(15)30/h4-5,7,9H,3,6H2,1-2H3,(H2,24,25,26,27)/t7-,9?,15-/m1/s1. The number of nitrogens with zero attached hydrogens (tertiary/aromatic N) is 4. The SMILES string of the molecule is [B]C([B])([B])n1nc([C@]23C(=O)OCC2[C@H]3C)cc1Nc1ncc(C(F)(F)F)c(NCC)n1. The van der Waals surface area contributed by atoms with Crippen molar-refractivity contribution in [2.75, 3.05) is 23.8 Å². The number of halogens is 3. The Bertz CT molecular complexity index is 1040. The first-order valence-electron chi connectivity index (χ1n) is 9.50. The molecule has 2 fully saturated rings. The van der Waals surface area contributed by atoms with E-state index in [2.05, 4.69) is 25.7 Å². The normalized spacial score (nSPS) is 25.1. The van der Waals surface area contributed by atoms with Gasteiger partial charge in [-0.3, -0.25) is 9.48 Å². The van der Waals surface area contributed by atoms with Gasteiger partial charge < -0.3 is 15.4 Å². The Morgan fingerprint density at radius 3 is 2.61 bits per heavy atom. The van der Waals surface area contributed by atoms with E-state index < -0.39 is 34.2 Å². The van der Waals surface area contributed by atoms with E-state index in [4.69, 9.17) is 28.3 Å². The third-order valence-electron chi connectivity index (χ3n) is 5.71. The van der Waals surface area contributed by atoms with Crippen LogP contribution in [0, 0.1) is 11.8 Å². The Balaban J connectivity index is 1.73. The Labute approximate surface area is 179 Å². The minimum atomic E-state index is -4.63. The summed E-state index contributed by atoms with van der Waals surface area (Å²) in [6.07, 6.45) is -3.98. The maximum absolute atomic E-state index is 13.2. The van der Waals surface area contributed by atoms with Gasteiger partial charge in [0.05, 0.1) is 35.8 Å². The number of alkyl halides is 3. The van der Waals surface area contributed by atoms with Crippen molar-refractivity contribution < 1.29 is 22.7 Å². The molecule has 1 saturated carbocycles. The summed E-state index contributed by atoms with van der Waals surface area (Å²) < 4.78 is 45.8. The molecule has 8 nitrogen and oxygen atoms in total. The molecule has 0 aromatic carbocycles. The van der Waals surface area contributed by atoms with E-state index in [1.54, 1.807) is 6.92 Å². The van der Waals surface area contributed by atoms with Crippen LogP contribution < -0.4 is 10.6 Å². The monoisotopic (exact) mass is 426 g/mol. The molecule has 156 valence electrons. The van der Waals surface area contributed by atoms with Crippen molar-refractivity contribution in [3.05, 3.63) is 23.5 Å². The molecule has 1 aliphatic heterocycles. The number of esters is 1. The number of hydrogen-bond acceptors (Lipinski definition) is 7. The topological polar surface area (TPSA) is 94.0 Å². The maximum atomic E-state index is 13.2. The Kier molecular flexibility index (Phi) is 4.82. The van der Waals surface area contributed by atoms with Crippen LogP contribution in [0.1, 0.15) is 25.1 Å². The Morgan fingerprint density at radius 2 is 2.06 bits per heavy atom. The molecular weight excluding hydrogens is 410 g/mol. The van der Waals surface area contributed by atoms with E-state index in [1.165, 1.54) is 6.07 Å². The van der Waals surface area contributed by atoms with Crippen molar-refractivity contribution in [2.24, 2.45) is 11.8 Å². The third-order valence-corrected chi connectivity index (χ3v) is 5.71. The van der Waals surface area contributed by atoms with Crippen LogP contribution in [0.4, 0.5) is 30.8 Å².